The zero-order valence-electron chi connectivity index (χ0n) is 8.32. The predicted octanol–water partition coefficient (Wildman–Crippen LogP) is 2.48. The Morgan fingerprint density at radius 1 is 1.38 bits per heavy atom. The van der Waals surface area contributed by atoms with Gasteiger partial charge in [-0.2, -0.15) is 0 Å². The van der Waals surface area contributed by atoms with Gasteiger partial charge in [0.05, 0.1) is 4.47 Å². The fourth-order valence-electron chi connectivity index (χ4n) is 1.33. The van der Waals surface area contributed by atoms with Gasteiger partial charge in [-0.25, -0.2) is 4.79 Å². The first-order valence-electron chi connectivity index (χ1n) is 4.49. The first-order valence-corrected chi connectivity index (χ1v) is 5.28. The molecule has 0 radical (unpaired) electrons. The van der Waals surface area contributed by atoms with E-state index in [-0.39, 0.29) is 5.75 Å². The predicted molar refractivity (Wildman–Crippen MR) is 61.5 cm³/mol. The molecule has 0 amide bonds. The van der Waals surface area contributed by atoms with E-state index in [9.17, 15) is 9.59 Å². The van der Waals surface area contributed by atoms with Crippen LogP contribution >= 0.6 is 15.9 Å². The van der Waals surface area contributed by atoms with Gasteiger partial charge in [-0.05, 0) is 28.1 Å². The molecule has 1 aromatic carbocycles. The number of rotatable bonds is 1. The van der Waals surface area contributed by atoms with Crippen molar-refractivity contribution in [2.45, 2.75) is 6.92 Å². The molecule has 0 aliphatic heterocycles. The van der Waals surface area contributed by atoms with Crippen molar-refractivity contribution in [2.75, 3.05) is 0 Å². The molecule has 0 spiro atoms. The molecule has 16 heavy (non-hydrogen) atoms. The molecule has 82 valence electrons. The van der Waals surface area contributed by atoms with Crippen molar-refractivity contribution in [1.29, 1.82) is 0 Å². The topological polar surface area (TPSA) is 56.5 Å². The zero-order valence-corrected chi connectivity index (χ0v) is 9.91. The van der Waals surface area contributed by atoms with Gasteiger partial charge in [0.15, 0.2) is 0 Å². The van der Waals surface area contributed by atoms with Crippen LogP contribution in [0.15, 0.2) is 37.9 Å². The first-order chi connectivity index (χ1) is 7.59. The number of fused-ring (bicyclic) bond motifs is 1. The number of benzene rings is 1. The van der Waals surface area contributed by atoms with Crippen LogP contribution in [0.2, 0.25) is 0 Å². The lowest BCUT2D eigenvalue weighted by Gasteiger charge is -2.04. The molecule has 0 saturated heterocycles. The third kappa shape index (κ3) is 1.86. The Morgan fingerprint density at radius 2 is 2.06 bits per heavy atom. The molecule has 2 aromatic rings. The van der Waals surface area contributed by atoms with Crippen LogP contribution in [0.1, 0.15) is 6.92 Å². The number of ether oxygens (including phenoxy) is 1. The van der Waals surface area contributed by atoms with Crippen molar-refractivity contribution in [3.8, 4) is 5.75 Å². The summed E-state index contributed by atoms with van der Waals surface area (Å²) in [4.78, 5) is 22.3. The van der Waals surface area contributed by atoms with Crippen molar-refractivity contribution in [3.05, 3.63) is 39.2 Å². The van der Waals surface area contributed by atoms with E-state index < -0.39 is 11.6 Å². The highest BCUT2D eigenvalue weighted by Crippen LogP contribution is 2.29. The molecule has 0 unspecified atom stereocenters. The summed E-state index contributed by atoms with van der Waals surface area (Å²) in [6, 6.07) is 6.97. The molecule has 2 rings (SSSR count). The summed E-state index contributed by atoms with van der Waals surface area (Å²) in [5.74, 6) is -0.686. The standard InChI is InChI=1S/C11H7BrO4/c1-6(13)15-10-9(12)7-4-2-3-5-8(7)16-11(10)14/h2-5H,1H3. The summed E-state index contributed by atoms with van der Waals surface area (Å²) < 4.78 is 10.2. The molecule has 1 aromatic heterocycles. The zero-order chi connectivity index (χ0) is 11.7. The van der Waals surface area contributed by atoms with Crippen LogP contribution in [0.3, 0.4) is 0 Å². The van der Waals surface area contributed by atoms with Crippen LogP contribution in [-0.4, -0.2) is 5.97 Å². The van der Waals surface area contributed by atoms with Crippen molar-refractivity contribution in [1.82, 2.24) is 0 Å². The lowest BCUT2D eigenvalue weighted by atomic mass is 10.2. The third-order valence-corrected chi connectivity index (χ3v) is 2.74. The van der Waals surface area contributed by atoms with Gasteiger partial charge in [-0.3, -0.25) is 4.79 Å². The molecular weight excluding hydrogens is 276 g/mol. The van der Waals surface area contributed by atoms with E-state index in [1.807, 2.05) is 0 Å². The van der Waals surface area contributed by atoms with Gasteiger partial charge in [0.25, 0.3) is 0 Å². The van der Waals surface area contributed by atoms with Gasteiger partial charge < -0.3 is 9.15 Å². The van der Waals surface area contributed by atoms with E-state index in [1.54, 1.807) is 24.3 Å². The van der Waals surface area contributed by atoms with Crippen LogP contribution in [-0.2, 0) is 4.79 Å². The van der Waals surface area contributed by atoms with Crippen LogP contribution < -0.4 is 10.4 Å². The first kappa shape index (κ1) is 10.9. The molecule has 0 atom stereocenters. The molecule has 4 nitrogen and oxygen atoms in total. The van der Waals surface area contributed by atoms with Crippen LogP contribution in [0.5, 0.6) is 5.75 Å². The minimum atomic E-state index is -0.680. The molecule has 0 N–H and O–H groups in total. The lowest BCUT2D eigenvalue weighted by molar-refractivity contribution is -0.132. The van der Waals surface area contributed by atoms with Crippen molar-refractivity contribution in [2.24, 2.45) is 0 Å². The van der Waals surface area contributed by atoms with Crippen molar-refractivity contribution in [3.63, 3.8) is 0 Å². The number of esters is 1. The van der Waals surface area contributed by atoms with Crippen LogP contribution in [0.4, 0.5) is 0 Å². The summed E-state index contributed by atoms with van der Waals surface area (Å²) in [5, 5.41) is 0.679. The summed E-state index contributed by atoms with van der Waals surface area (Å²) >= 11 is 3.22. The quantitative estimate of drug-likeness (QED) is 0.596. The number of halogens is 1. The van der Waals surface area contributed by atoms with Crippen LogP contribution in [0.25, 0.3) is 11.0 Å². The molecule has 0 aliphatic rings. The molecule has 0 bridgehead atoms. The SMILES string of the molecule is CC(=O)Oc1c(Br)c2ccccc2oc1=O. The number of carbonyl (C=O) groups is 1. The summed E-state index contributed by atoms with van der Waals surface area (Å²) in [7, 11) is 0. The highest BCUT2D eigenvalue weighted by atomic mass is 79.9. The Balaban J connectivity index is 2.75. The second kappa shape index (κ2) is 4.09. The lowest BCUT2D eigenvalue weighted by Crippen LogP contribution is -2.11. The maximum atomic E-state index is 11.5. The Kier molecular flexibility index (Phi) is 2.78. The van der Waals surface area contributed by atoms with Gasteiger partial charge >= 0.3 is 11.6 Å². The third-order valence-electron chi connectivity index (χ3n) is 1.96. The van der Waals surface area contributed by atoms with Gasteiger partial charge in [0, 0.05) is 12.3 Å². The molecule has 0 aliphatic carbocycles. The van der Waals surface area contributed by atoms with E-state index in [1.165, 1.54) is 6.92 Å². The minimum absolute atomic E-state index is 0.119. The number of para-hydroxylation sites is 1. The van der Waals surface area contributed by atoms with E-state index in [2.05, 4.69) is 15.9 Å². The van der Waals surface area contributed by atoms with Gasteiger partial charge in [-0.15, -0.1) is 0 Å². The second-order valence-corrected chi connectivity index (χ2v) is 3.92. The average molecular weight is 283 g/mol. The maximum absolute atomic E-state index is 11.5. The molecular formula is C11H7BrO4. The van der Waals surface area contributed by atoms with E-state index in [0.717, 1.165) is 0 Å². The van der Waals surface area contributed by atoms with Crippen LogP contribution in [0, 0.1) is 0 Å². The van der Waals surface area contributed by atoms with Crippen molar-refractivity contribution < 1.29 is 13.9 Å². The molecule has 5 heteroatoms. The fourth-order valence-corrected chi connectivity index (χ4v) is 1.90. The second-order valence-electron chi connectivity index (χ2n) is 3.12. The summed E-state index contributed by atoms with van der Waals surface area (Å²) in [6.45, 7) is 1.22. The smallest absolute Gasteiger partial charge is 0.381 e. The summed E-state index contributed by atoms with van der Waals surface area (Å²) in [5.41, 5.74) is -0.240. The van der Waals surface area contributed by atoms with Gasteiger partial charge in [0.1, 0.15) is 5.58 Å². The number of hydrogen-bond donors (Lipinski definition) is 0. The molecule has 0 saturated carbocycles. The average Bonchev–Trinajstić information content (AvgIpc) is 2.24. The Labute approximate surface area is 99.0 Å². The van der Waals surface area contributed by atoms with E-state index in [4.69, 9.17) is 9.15 Å². The van der Waals surface area contributed by atoms with Gasteiger partial charge in [0.2, 0.25) is 5.75 Å². The molecule has 0 fully saturated rings. The minimum Gasteiger partial charge on any atom is -0.420 e. The monoisotopic (exact) mass is 282 g/mol. The highest BCUT2D eigenvalue weighted by Gasteiger charge is 2.15. The van der Waals surface area contributed by atoms with Gasteiger partial charge in [-0.1, -0.05) is 12.1 Å². The normalized spacial score (nSPS) is 10.4. The fraction of sp³-hybridized carbons (Fsp3) is 0.0909. The Hall–Kier alpha value is -1.62. The highest BCUT2D eigenvalue weighted by molar-refractivity contribution is 9.10. The largest absolute Gasteiger partial charge is 0.420 e. The Bertz CT molecular complexity index is 615. The summed E-state index contributed by atoms with van der Waals surface area (Å²) in [6.07, 6.45) is 0. The van der Waals surface area contributed by atoms with E-state index in [0.29, 0.717) is 15.4 Å². The van der Waals surface area contributed by atoms with Crippen molar-refractivity contribution >= 4 is 32.9 Å². The number of carbonyl (C=O) groups excluding carboxylic acids is 1. The Morgan fingerprint density at radius 3 is 2.75 bits per heavy atom. The maximum Gasteiger partial charge on any atom is 0.381 e. The number of hydrogen-bond acceptors (Lipinski definition) is 4. The molecule has 1 heterocycles. The van der Waals surface area contributed by atoms with E-state index >= 15 is 0 Å².